The zero-order valence-electron chi connectivity index (χ0n) is 5.49. The average Bonchev–Trinajstić information content (AvgIpc) is 1.76. The quantitative estimate of drug-likeness (QED) is 0.615. The predicted molar refractivity (Wildman–Crippen MR) is 39.0 cm³/mol. The fourth-order valence-electron chi connectivity index (χ4n) is 0.915. The summed E-state index contributed by atoms with van der Waals surface area (Å²) in [4.78, 5) is 10.4. The first-order chi connectivity index (χ1) is 4.75. The van der Waals surface area contributed by atoms with Crippen LogP contribution in [0.1, 0.15) is 0 Å². The molecule has 1 atom stereocenters. The Hall–Kier alpha value is -0.220. The zero-order valence-corrected chi connectivity index (χ0v) is 6.30. The molecule has 1 saturated heterocycles. The van der Waals surface area contributed by atoms with Crippen LogP contribution in [0.4, 0.5) is 0 Å². The van der Waals surface area contributed by atoms with Crippen molar-refractivity contribution >= 4 is 17.7 Å². The van der Waals surface area contributed by atoms with Gasteiger partial charge in [0, 0.05) is 0 Å². The monoisotopic (exact) mass is 162 g/mol. The number of aliphatic hydroxyl groups is 1. The Balaban J connectivity index is 2.39. The lowest BCUT2D eigenvalue weighted by atomic mass is 9.96. The standard InChI is InChI=1S/C6H10O3S/c7-1-5(6(8)9)4-2-10-3-4/h4-5,7H,1-3H2,(H,8,9). The van der Waals surface area contributed by atoms with Crippen molar-refractivity contribution < 1.29 is 15.0 Å². The van der Waals surface area contributed by atoms with Crippen LogP contribution in [0.15, 0.2) is 0 Å². The molecule has 2 N–H and O–H groups in total. The molecular weight excluding hydrogens is 152 g/mol. The molecule has 0 aromatic carbocycles. The molecule has 1 rings (SSSR count). The normalized spacial score (nSPS) is 21.7. The van der Waals surface area contributed by atoms with Crippen LogP contribution in [0.25, 0.3) is 0 Å². The number of aliphatic carboxylic acids is 1. The molecule has 10 heavy (non-hydrogen) atoms. The van der Waals surface area contributed by atoms with E-state index in [1.807, 2.05) is 0 Å². The fraction of sp³-hybridized carbons (Fsp3) is 0.833. The smallest absolute Gasteiger partial charge is 0.309 e. The number of thioether (sulfide) groups is 1. The Morgan fingerprint density at radius 1 is 1.70 bits per heavy atom. The second kappa shape index (κ2) is 3.25. The Bertz CT molecular complexity index is 133. The summed E-state index contributed by atoms with van der Waals surface area (Å²) in [5, 5.41) is 17.2. The van der Waals surface area contributed by atoms with Crippen molar-refractivity contribution in [1.82, 2.24) is 0 Å². The largest absolute Gasteiger partial charge is 0.481 e. The van der Waals surface area contributed by atoms with Gasteiger partial charge >= 0.3 is 5.97 Å². The predicted octanol–water partition coefficient (Wildman–Crippen LogP) is 0.0425. The molecule has 0 radical (unpaired) electrons. The van der Waals surface area contributed by atoms with Gasteiger partial charge in [0.25, 0.3) is 0 Å². The van der Waals surface area contributed by atoms with Crippen molar-refractivity contribution in [2.75, 3.05) is 18.1 Å². The highest BCUT2D eigenvalue weighted by atomic mass is 32.2. The summed E-state index contributed by atoms with van der Waals surface area (Å²) in [5.74, 6) is 0.580. The number of hydrogen-bond donors (Lipinski definition) is 2. The highest BCUT2D eigenvalue weighted by molar-refractivity contribution is 8.00. The average molecular weight is 162 g/mol. The second-order valence-electron chi connectivity index (χ2n) is 2.42. The Labute approximate surface area is 63.4 Å². The van der Waals surface area contributed by atoms with Crippen LogP contribution in [-0.2, 0) is 4.79 Å². The first-order valence-electron chi connectivity index (χ1n) is 3.17. The minimum atomic E-state index is -0.868. The third-order valence-electron chi connectivity index (χ3n) is 1.75. The van der Waals surface area contributed by atoms with Gasteiger partial charge in [-0.15, -0.1) is 0 Å². The van der Waals surface area contributed by atoms with Crippen LogP contribution in [-0.4, -0.2) is 34.3 Å². The minimum Gasteiger partial charge on any atom is -0.481 e. The molecule has 0 spiro atoms. The summed E-state index contributed by atoms with van der Waals surface area (Å²) in [6.07, 6.45) is 0. The van der Waals surface area contributed by atoms with Crippen LogP contribution in [0.3, 0.4) is 0 Å². The maximum absolute atomic E-state index is 10.4. The first kappa shape index (κ1) is 7.88. The number of hydrogen-bond acceptors (Lipinski definition) is 3. The van der Waals surface area contributed by atoms with Gasteiger partial charge in [0.05, 0.1) is 12.5 Å². The Morgan fingerprint density at radius 2 is 2.30 bits per heavy atom. The van der Waals surface area contributed by atoms with Crippen LogP contribution >= 0.6 is 11.8 Å². The lowest BCUT2D eigenvalue weighted by Gasteiger charge is -2.29. The van der Waals surface area contributed by atoms with Gasteiger partial charge in [-0.05, 0) is 17.4 Å². The summed E-state index contributed by atoms with van der Waals surface area (Å²) < 4.78 is 0. The lowest BCUT2D eigenvalue weighted by molar-refractivity contribution is -0.144. The zero-order chi connectivity index (χ0) is 7.56. The van der Waals surface area contributed by atoms with Crippen LogP contribution in [0.2, 0.25) is 0 Å². The van der Waals surface area contributed by atoms with Crippen molar-refractivity contribution in [1.29, 1.82) is 0 Å². The molecular formula is C6H10O3S. The van der Waals surface area contributed by atoms with E-state index in [9.17, 15) is 4.79 Å². The van der Waals surface area contributed by atoms with E-state index in [1.54, 1.807) is 11.8 Å². The highest BCUT2D eigenvalue weighted by Gasteiger charge is 2.32. The molecule has 1 unspecified atom stereocenters. The van der Waals surface area contributed by atoms with Crippen LogP contribution in [0.5, 0.6) is 0 Å². The van der Waals surface area contributed by atoms with Gasteiger partial charge in [-0.3, -0.25) is 4.79 Å². The molecule has 3 nitrogen and oxygen atoms in total. The maximum atomic E-state index is 10.4. The van der Waals surface area contributed by atoms with E-state index in [1.165, 1.54) is 0 Å². The number of aliphatic hydroxyl groups excluding tert-OH is 1. The first-order valence-corrected chi connectivity index (χ1v) is 4.32. The SMILES string of the molecule is O=C(O)C(CO)C1CSC1. The van der Waals surface area contributed by atoms with E-state index in [-0.39, 0.29) is 12.5 Å². The second-order valence-corrected chi connectivity index (χ2v) is 3.50. The van der Waals surface area contributed by atoms with Crippen molar-refractivity contribution in [3.8, 4) is 0 Å². The summed E-state index contributed by atoms with van der Waals surface area (Å²) in [7, 11) is 0. The van der Waals surface area contributed by atoms with E-state index >= 15 is 0 Å². The van der Waals surface area contributed by atoms with Crippen molar-refractivity contribution in [3.05, 3.63) is 0 Å². The molecule has 0 amide bonds. The lowest BCUT2D eigenvalue weighted by Crippen LogP contribution is -2.35. The van der Waals surface area contributed by atoms with Gasteiger partial charge in [-0.25, -0.2) is 0 Å². The topological polar surface area (TPSA) is 57.5 Å². The van der Waals surface area contributed by atoms with Crippen molar-refractivity contribution in [3.63, 3.8) is 0 Å². The van der Waals surface area contributed by atoms with Gasteiger partial charge in [0.1, 0.15) is 0 Å². The van der Waals surface area contributed by atoms with Crippen LogP contribution < -0.4 is 0 Å². The number of rotatable bonds is 3. The van der Waals surface area contributed by atoms with Gasteiger partial charge < -0.3 is 10.2 Å². The van der Waals surface area contributed by atoms with Gasteiger partial charge in [0.15, 0.2) is 0 Å². The van der Waals surface area contributed by atoms with E-state index in [0.717, 1.165) is 11.5 Å². The molecule has 0 aromatic rings. The molecule has 1 fully saturated rings. The van der Waals surface area contributed by atoms with Crippen molar-refractivity contribution in [2.24, 2.45) is 11.8 Å². The third-order valence-corrected chi connectivity index (χ3v) is 3.07. The third kappa shape index (κ3) is 1.44. The molecule has 0 bridgehead atoms. The van der Waals surface area contributed by atoms with Crippen molar-refractivity contribution in [2.45, 2.75) is 0 Å². The van der Waals surface area contributed by atoms with Gasteiger partial charge in [0.2, 0.25) is 0 Å². The Morgan fingerprint density at radius 3 is 2.40 bits per heavy atom. The summed E-state index contributed by atoms with van der Waals surface area (Å²) >= 11 is 1.73. The summed E-state index contributed by atoms with van der Waals surface area (Å²) in [6.45, 7) is -0.222. The molecule has 4 heteroatoms. The molecule has 0 aliphatic carbocycles. The fourth-order valence-corrected chi connectivity index (χ4v) is 1.89. The maximum Gasteiger partial charge on any atom is 0.309 e. The summed E-state index contributed by atoms with van der Waals surface area (Å²) in [5.41, 5.74) is 0. The minimum absolute atomic E-state index is 0.201. The molecule has 1 heterocycles. The number of carboxylic acids is 1. The molecule has 0 saturated carbocycles. The van der Waals surface area contributed by atoms with Crippen LogP contribution in [0, 0.1) is 11.8 Å². The van der Waals surface area contributed by atoms with Gasteiger partial charge in [-0.2, -0.15) is 11.8 Å². The molecule has 1 aliphatic rings. The molecule has 58 valence electrons. The number of carboxylic acid groups (broad SMARTS) is 1. The van der Waals surface area contributed by atoms with E-state index < -0.39 is 11.9 Å². The Kier molecular flexibility index (Phi) is 2.56. The summed E-state index contributed by atoms with van der Waals surface area (Å²) in [6, 6.07) is 0. The highest BCUT2D eigenvalue weighted by Crippen LogP contribution is 2.30. The number of carbonyl (C=O) groups is 1. The van der Waals surface area contributed by atoms with Gasteiger partial charge in [-0.1, -0.05) is 0 Å². The molecule has 0 aromatic heterocycles. The van der Waals surface area contributed by atoms with E-state index in [4.69, 9.17) is 10.2 Å². The van der Waals surface area contributed by atoms with E-state index in [2.05, 4.69) is 0 Å². The van der Waals surface area contributed by atoms with E-state index in [0.29, 0.717) is 0 Å². The molecule has 1 aliphatic heterocycles.